The van der Waals surface area contributed by atoms with Crippen molar-refractivity contribution >= 4 is 5.78 Å². The largest absolute Gasteiger partial charge is 0.334 e. The Morgan fingerprint density at radius 1 is 1.36 bits per heavy atom. The summed E-state index contributed by atoms with van der Waals surface area (Å²) >= 11 is 0. The predicted octanol–water partition coefficient (Wildman–Crippen LogP) is 1.09. The Kier molecular flexibility index (Phi) is 3.89. The molecule has 1 aliphatic rings. The van der Waals surface area contributed by atoms with E-state index in [1.165, 1.54) is 0 Å². The number of hydrogen-bond acceptors (Lipinski definition) is 6. The van der Waals surface area contributed by atoms with Gasteiger partial charge in [-0.05, 0) is 32.9 Å². The van der Waals surface area contributed by atoms with Crippen molar-refractivity contribution in [2.45, 2.75) is 38.6 Å². The van der Waals surface area contributed by atoms with Crippen LogP contribution in [0.1, 0.15) is 41.6 Å². The maximum absolute atomic E-state index is 12.2. The molecule has 0 radical (unpaired) electrons. The van der Waals surface area contributed by atoms with E-state index in [-0.39, 0.29) is 28.8 Å². The van der Waals surface area contributed by atoms with Crippen LogP contribution in [-0.4, -0.2) is 34.0 Å². The van der Waals surface area contributed by atoms with Crippen molar-refractivity contribution in [2.24, 2.45) is 0 Å². The lowest BCUT2D eigenvalue weighted by atomic mass is 9.94. The number of aryl methyl sites for hydroxylation is 1. The highest BCUT2D eigenvalue weighted by Gasteiger charge is 2.22. The van der Waals surface area contributed by atoms with Crippen LogP contribution in [0, 0.1) is 0 Å². The first-order valence-electron chi connectivity index (χ1n) is 7.38. The Hall–Kier alpha value is -2.28. The van der Waals surface area contributed by atoms with Crippen molar-refractivity contribution in [2.75, 3.05) is 7.05 Å². The summed E-state index contributed by atoms with van der Waals surface area (Å²) in [6.45, 7) is 2.00. The van der Waals surface area contributed by atoms with E-state index in [0.717, 1.165) is 6.42 Å². The minimum absolute atomic E-state index is 0.0438. The topological polar surface area (TPSA) is 101 Å². The van der Waals surface area contributed by atoms with E-state index >= 15 is 0 Å². The molecule has 7 heteroatoms. The number of carbonyl (C=O) groups excluding carboxylic acids is 1. The van der Waals surface area contributed by atoms with E-state index < -0.39 is 0 Å². The zero-order chi connectivity index (χ0) is 15.7. The van der Waals surface area contributed by atoms with Gasteiger partial charge in [0.25, 0.3) is 11.4 Å². The smallest absolute Gasteiger partial charge is 0.263 e. The number of Topliss-reactive ketones (excluding diaryl/α,β-unsaturated/α-hetero) is 1. The fraction of sp³-hybridized carbons (Fsp3) is 0.467. The van der Waals surface area contributed by atoms with Gasteiger partial charge in [0.1, 0.15) is 5.56 Å². The molecule has 0 saturated carbocycles. The minimum Gasteiger partial charge on any atom is -0.334 e. The maximum atomic E-state index is 12.2. The summed E-state index contributed by atoms with van der Waals surface area (Å²) in [5, 5.41) is 6.98. The van der Waals surface area contributed by atoms with Gasteiger partial charge in [-0.3, -0.25) is 9.59 Å². The first kappa shape index (κ1) is 14.6. The van der Waals surface area contributed by atoms with Gasteiger partial charge in [0.05, 0.1) is 0 Å². The molecule has 2 N–H and O–H groups in total. The Morgan fingerprint density at radius 2 is 2.18 bits per heavy atom. The third-order valence-electron chi connectivity index (χ3n) is 3.93. The highest BCUT2D eigenvalue weighted by Crippen LogP contribution is 2.22. The lowest BCUT2D eigenvalue weighted by molar-refractivity contribution is 0.0971. The summed E-state index contributed by atoms with van der Waals surface area (Å²) < 4.78 is 5.18. The third-order valence-corrected chi connectivity index (χ3v) is 3.93. The first-order valence-corrected chi connectivity index (χ1v) is 7.38. The monoisotopic (exact) mass is 302 g/mol. The number of nitrogens with one attached hydrogen (secondary N) is 2. The number of carbonyl (C=O) groups is 1. The van der Waals surface area contributed by atoms with Crippen molar-refractivity contribution < 1.29 is 9.32 Å². The molecule has 0 fully saturated rings. The van der Waals surface area contributed by atoms with E-state index in [2.05, 4.69) is 20.4 Å². The molecule has 2 aromatic rings. The maximum Gasteiger partial charge on any atom is 0.263 e. The van der Waals surface area contributed by atoms with Crippen molar-refractivity contribution in [3.05, 3.63) is 33.5 Å². The Morgan fingerprint density at radius 3 is 2.95 bits per heavy atom. The molecule has 116 valence electrons. The van der Waals surface area contributed by atoms with Gasteiger partial charge in [-0.1, -0.05) is 5.16 Å². The quantitative estimate of drug-likeness (QED) is 0.877. The van der Waals surface area contributed by atoms with Crippen LogP contribution in [0.5, 0.6) is 0 Å². The Bertz CT molecular complexity index is 762. The Balaban J connectivity index is 1.97. The van der Waals surface area contributed by atoms with Crippen molar-refractivity contribution in [3.63, 3.8) is 0 Å². The van der Waals surface area contributed by atoms with Crippen LogP contribution >= 0.6 is 0 Å². The normalized spacial score (nSPS) is 15.6. The molecule has 7 nitrogen and oxygen atoms in total. The molecule has 1 atom stereocenters. The summed E-state index contributed by atoms with van der Waals surface area (Å²) in [6, 6.07) is 1.78. The van der Waals surface area contributed by atoms with E-state index in [4.69, 9.17) is 4.52 Å². The van der Waals surface area contributed by atoms with E-state index in [1.807, 2.05) is 14.0 Å². The van der Waals surface area contributed by atoms with Gasteiger partial charge in [0.2, 0.25) is 0 Å². The van der Waals surface area contributed by atoms with Gasteiger partial charge in [-0.15, -0.1) is 0 Å². The van der Waals surface area contributed by atoms with Crippen LogP contribution in [0.2, 0.25) is 0 Å². The van der Waals surface area contributed by atoms with Crippen LogP contribution < -0.4 is 10.9 Å². The number of pyridine rings is 1. The van der Waals surface area contributed by atoms with Gasteiger partial charge >= 0.3 is 0 Å². The highest BCUT2D eigenvalue weighted by molar-refractivity contribution is 5.98. The van der Waals surface area contributed by atoms with Crippen LogP contribution in [0.3, 0.4) is 0 Å². The summed E-state index contributed by atoms with van der Waals surface area (Å²) in [7, 11) is 1.85. The number of hydrogen-bond donors (Lipinski definition) is 2. The molecular weight excluding hydrogens is 284 g/mol. The molecule has 3 rings (SSSR count). The highest BCUT2D eigenvalue weighted by atomic mass is 16.5. The van der Waals surface area contributed by atoms with Crippen LogP contribution in [-0.2, 0) is 12.8 Å². The van der Waals surface area contributed by atoms with E-state index in [9.17, 15) is 9.59 Å². The number of H-pyrrole nitrogens is 1. The standard InChI is InChI=1S/C15H18N4O3/c1-8(16-2)6-13-18-15(22-19-13)10-7-9-11(17-14(10)21)4-3-5-12(9)20/h7-8,16H,3-6H2,1-2H3,(H,17,21). The molecule has 0 saturated heterocycles. The Labute approximate surface area is 127 Å². The first-order chi connectivity index (χ1) is 10.6. The summed E-state index contributed by atoms with van der Waals surface area (Å²) in [5.74, 6) is 0.725. The molecule has 0 aliphatic heterocycles. The number of nitrogens with zero attached hydrogens (tertiary/aromatic N) is 2. The molecule has 22 heavy (non-hydrogen) atoms. The number of fused-ring (bicyclic) bond motifs is 1. The van der Waals surface area contributed by atoms with Crippen LogP contribution in [0.4, 0.5) is 0 Å². The molecule has 0 bridgehead atoms. The third kappa shape index (κ3) is 2.71. The van der Waals surface area contributed by atoms with Gasteiger partial charge in [-0.25, -0.2) is 0 Å². The van der Waals surface area contributed by atoms with Crippen molar-refractivity contribution in [1.82, 2.24) is 20.4 Å². The number of aromatic amines is 1. The van der Waals surface area contributed by atoms with Crippen molar-refractivity contribution in [3.8, 4) is 11.5 Å². The summed E-state index contributed by atoms with van der Waals surface area (Å²) in [6.07, 6.45) is 2.59. The lowest BCUT2D eigenvalue weighted by Crippen LogP contribution is -2.24. The van der Waals surface area contributed by atoms with Gasteiger partial charge in [0, 0.05) is 30.1 Å². The molecule has 2 aromatic heterocycles. The van der Waals surface area contributed by atoms with Gasteiger partial charge in [0.15, 0.2) is 11.6 Å². The van der Waals surface area contributed by atoms with E-state index in [1.54, 1.807) is 6.07 Å². The predicted molar refractivity (Wildman–Crippen MR) is 79.8 cm³/mol. The fourth-order valence-electron chi connectivity index (χ4n) is 2.56. The second-order valence-corrected chi connectivity index (χ2v) is 5.59. The molecular formula is C15H18N4O3. The number of rotatable bonds is 4. The van der Waals surface area contributed by atoms with Crippen molar-refractivity contribution in [1.29, 1.82) is 0 Å². The average molecular weight is 302 g/mol. The van der Waals surface area contributed by atoms with Gasteiger partial charge in [-0.2, -0.15) is 4.98 Å². The zero-order valence-corrected chi connectivity index (χ0v) is 12.6. The molecule has 2 heterocycles. The minimum atomic E-state index is -0.301. The van der Waals surface area contributed by atoms with Crippen LogP contribution in [0.15, 0.2) is 15.4 Å². The zero-order valence-electron chi connectivity index (χ0n) is 12.6. The SMILES string of the molecule is CNC(C)Cc1noc(-c2cc3c([nH]c2=O)CCCC3=O)n1. The molecule has 1 unspecified atom stereocenters. The molecule has 0 amide bonds. The number of likely N-dealkylation sites (N-methyl/N-ethyl adjacent to an activating group) is 1. The lowest BCUT2D eigenvalue weighted by Gasteiger charge is -2.14. The second-order valence-electron chi connectivity index (χ2n) is 5.59. The summed E-state index contributed by atoms with van der Waals surface area (Å²) in [4.78, 5) is 31.2. The van der Waals surface area contributed by atoms with Gasteiger partial charge < -0.3 is 14.8 Å². The number of ketones is 1. The fourth-order valence-corrected chi connectivity index (χ4v) is 2.56. The molecule has 0 spiro atoms. The number of aromatic nitrogens is 3. The molecule has 0 aromatic carbocycles. The second kappa shape index (κ2) is 5.84. The summed E-state index contributed by atoms with van der Waals surface area (Å²) in [5.41, 5.74) is 1.22. The molecule has 1 aliphatic carbocycles. The van der Waals surface area contributed by atoms with E-state index in [0.29, 0.717) is 36.3 Å². The average Bonchev–Trinajstić information content (AvgIpc) is 2.95. The van der Waals surface area contributed by atoms with Crippen LogP contribution in [0.25, 0.3) is 11.5 Å².